The molecule has 0 atom stereocenters. The van der Waals surface area contributed by atoms with Crippen LogP contribution in [0.25, 0.3) is 11.1 Å². The Morgan fingerprint density at radius 1 is 0.812 bits per heavy atom. The average Bonchev–Trinajstić information content (AvgIpc) is 2.21. The highest BCUT2D eigenvalue weighted by molar-refractivity contribution is 5.75. The van der Waals surface area contributed by atoms with Gasteiger partial charge in [0.05, 0.1) is 5.56 Å². The Labute approximate surface area is 85.1 Å². The number of hydrogen-bond donors (Lipinski definition) is 4. The van der Waals surface area contributed by atoms with Crippen molar-refractivity contribution in [3.05, 3.63) is 41.3 Å². The van der Waals surface area contributed by atoms with Crippen LogP contribution in [-0.2, 0) is 0 Å². The molecule has 0 aliphatic rings. The first kappa shape index (κ1) is 9.90. The highest BCUT2D eigenvalue weighted by Gasteiger charge is 2.26. The summed E-state index contributed by atoms with van der Waals surface area (Å²) in [5.74, 6) is -1.78. The van der Waals surface area contributed by atoms with Gasteiger partial charge in [0, 0.05) is 0 Å². The van der Waals surface area contributed by atoms with Gasteiger partial charge in [-0.3, -0.25) is 24.4 Å². The van der Waals surface area contributed by atoms with Crippen molar-refractivity contribution in [2.75, 3.05) is 0 Å². The van der Waals surface area contributed by atoms with E-state index in [0.29, 0.717) is 0 Å². The Bertz CT molecular complexity index is 758. The quantitative estimate of drug-likeness (QED) is 0.403. The van der Waals surface area contributed by atoms with Crippen LogP contribution < -0.4 is 22.1 Å². The van der Waals surface area contributed by atoms with Gasteiger partial charge >= 0.3 is 5.69 Å². The van der Waals surface area contributed by atoms with E-state index in [-0.39, 0.29) is 0 Å². The standard InChI is InChI=1S/C8H4N2O6/c11-3-1(4(12)5(3)13)2-6(14)9-8(16)10-7(2)15/h11H,(H3,9,10,14,15,16). The number of aromatic nitrogens is 2. The molecule has 8 nitrogen and oxygen atoms in total. The summed E-state index contributed by atoms with van der Waals surface area (Å²) in [4.78, 5) is 47.3. The number of rotatable bonds is 1. The van der Waals surface area contributed by atoms with Crippen LogP contribution in [0.15, 0.2) is 19.2 Å². The second-order valence-corrected chi connectivity index (χ2v) is 3.01. The van der Waals surface area contributed by atoms with Crippen LogP contribution in [-0.4, -0.2) is 20.2 Å². The van der Waals surface area contributed by atoms with Crippen molar-refractivity contribution in [1.82, 2.24) is 9.97 Å². The zero-order valence-corrected chi connectivity index (χ0v) is 7.53. The van der Waals surface area contributed by atoms with E-state index >= 15 is 0 Å². The molecule has 0 spiro atoms. The van der Waals surface area contributed by atoms with Gasteiger partial charge in [-0.05, 0) is 0 Å². The molecule has 0 fully saturated rings. The predicted octanol–water partition coefficient (Wildman–Crippen LogP) is -2.26. The van der Waals surface area contributed by atoms with Crippen LogP contribution in [0.4, 0.5) is 0 Å². The summed E-state index contributed by atoms with van der Waals surface area (Å²) in [6, 6.07) is 0. The molecule has 1 aromatic carbocycles. The minimum atomic E-state index is -1.14. The highest BCUT2D eigenvalue weighted by Crippen LogP contribution is 2.25. The molecule has 2 aromatic rings. The first-order chi connectivity index (χ1) is 7.43. The Hall–Kier alpha value is -2.64. The fourth-order valence-corrected chi connectivity index (χ4v) is 1.32. The number of aromatic amines is 2. The molecule has 4 N–H and O–H groups in total. The number of H-pyrrole nitrogens is 2. The summed E-state index contributed by atoms with van der Waals surface area (Å²) in [5, 5.41) is 18.3. The maximum atomic E-state index is 11.2. The van der Waals surface area contributed by atoms with Crippen LogP contribution in [0.5, 0.6) is 11.6 Å². The normalized spacial score (nSPS) is 10.8. The molecule has 1 heterocycles. The van der Waals surface area contributed by atoms with Crippen LogP contribution in [0, 0.1) is 0 Å². The topological polar surface area (TPSA) is 140 Å². The Balaban J connectivity index is 2.87. The lowest BCUT2D eigenvalue weighted by molar-refractivity contribution is 0.445. The van der Waals surface area contributed by atoms with Crippen molar-refractivity contribution < 1.29 is 10.2 Å². The molecule has 0 aliphatic heterocycles. The predicted molar refractivity (Wildman–Crippen MR) is 51.4 cm³/mol. The van der Waals surface area contributed by atoms with Crippen molar-refractivity contribution in [2.24, 2.45) is 0 Å². The van der Waals surface area contributed by atoms with Gasteiger partial charge in [-0.15, -0.1) is 0 Å². The van der Waals surface area contributed by atoms with E-state index in [0.717, 1.165) is 0 Å². The summed E-state index contributed by atoms with van der Waals surface area (Å²) in [6.07, 6.45) is 0. The number of hydrogen-bond acceptors (Lipinski definition) is 6. The van der Waals surface area contributed by atoms with Crippen LogP contribution in [0.1, 0.15) is 0 Å². The molecule has 0 saturated heterocycles. The van der Waals surface area contributed by atoms with Crippen molar-refractivity contribution >= 4 is 0 Å². The van der Waals surface area contributed by atoms with Crippen molar-refractivity contribution in [3.8, 4) is 22.8 Å². The third kappa shape index (κ3) is 1.10. The van der Waals surface area contributed by atoms with Gasteiger partial charge in [-0.1, -0.05) is 0 Å². The molecule has 8 heteroatoms. The van der Waals surface area contributed by atoms with E-state index in [1.165, 1.54) is 0 Å². The lowest BCUT2D eigenvalue weighted by Crippen LogP contribution is -2.35. The minimum absolute atomic E-state index is 0.597. The zero-order chi connectivity index (χ0) is 12.0. The lowest BCUT2D eigenvalue weighted by atomic mass is 10.0. The summed E-state index contributed by atoms with van der Waals surface area (Å²) in [6.45, 7) is 0. The summed E-state index contributed by atoms with van der Waals surface area (Å²) < 4.78 is 0. The zero-order valence-electron chi connectivity index (χ0n) is 7.53. The van der Waals surface area contributed by atoms with Crippen molar-refractivity contribution in [3.63, 3.8) is 0 Å². The van der Waals surface area contributed by atoms with Crippen LogP contribution >= 0.6 is 0 Å². The number of aromatic hydroxyl groups is 2. The Kier molecular flexibility index (Phi) is 1.81. The smallest absolute Gasteiger partial charge is 0.328 e. The maximum absolute atomic E-state index is 11.2. The fraction of sp³-hybridized carbons (Fsp3) is 0. The molecule has 0 radical (unpaired) electrons. The van der Waals surface area contributed by atoms with Gasteiger partial charge in [-0.25, -0.2) is 4.79 Å². The third-order valence-corrected chi connectivity index (χ3v) is 2.06. The van der Waals surface area contributed by atoms with Gasteiger partial charge < -0.3 is 10.2 Å². The van der Waals surface area contributed by atoms with Gasteiger partial charge in [0.1, 0.15) is 5.56 Å². The molecule has 1 aromatic heterocycles. The van der Waals surface area contributed by atoms with E-state index < -0.39 is 44.9 Å². The lowest BCUT2D eigenvalue weighted by Gasteiger charge is -2.05. The molecule has 0 amide bonds. The van der Waals surface area contributed by atoms with Gasteiger partial charge in [0.2, 0.25) is 11.3 Å². The molecule has 0 bridgehead atoms. The summed E-state index contributed by atoms with van der Waals surface area (Å²) in [5.41, 5.74) is -5.49. The maximum Gasteiger partial charge on any atom is 0.328 e. The molecule has 2 rings (SSSR count). The minimum Gasteiger partial charge on any atom is -0.503 e. The molecular formula is C8H4N2O6. The molecular weight excluding hydrogens is 220 g/mol. The van der Waals surface area contributed by atoms with Crippen LogP contribution in [0.3, 0.4) is 0 Å². The molecule has 0 aliphatic carbocycles. The molecule has 0 saturated carbocycles. The molecule has 16 heavy (non-hydrogen) atoms. The Morgan fingerprint density at radius 3 is 1.94 bits per heavy atom. The van der Waals surface area contributed by atoms with E-state index in [1.807, 2.05) is 4.98 Å². The van der Waals surface area contributed by atoms with Crippen LogP contribution in [0.2, 0.25) is 0 Å². The first-order valence-electron chi connectivity index (χ1n) is 4.01. The van der Waals surface area contributed by atoms with E-state index in [4.69, 9.17) is 5.11 Å². The van der Waals surface area contributed by atoms with Gasteiger partial charge in [0.15, 0.2) is 5.75 Å². The highest BCUT2D eigenvalue weighted by atomic mass is 16.3. The largest absolute Gasteiger partial charge is 0.503 e. The van der Waals surface area contributed by atoms with E-state index in [1.54, 1.807) is 4.98 Å². The average molecular weight is 224 g/mol. The first-order valence-corrected chi connectivity index (χ1v) is 4.01. The summed E-state index contributed by atoms with van der Waals surface area (Å²) >= 11 is 0. The monoisotopic (exact) mass is 224 g/mol. The Morgan fingerprint density at radius 2 is 1.44 bits per heavy atom. The van der Waals surface area contributed by atoms with E-state index in [9.17, 15) is 24.3 Å². The second-order valence-electron chi connectivity index (χ2n) is 3.01. The third-order valence-electron chi connectivity index (χ3n) is 2.06. The molecule has 82 valence electrons. The van der Waals surface area contributed by atoms with E-state index in [2.05, 4.69) is 0 Å². The van der Waals surface area contributed by atoms with Crippen molar-refractivity contribution in [1.29, 1.82) is 0 Å². The second kappa shape index (κ2) is 2.92. The van der Waals surface area contributed by atoms with Crippen molar-refractivity contribution in [2.45, 2.75) is 0 Å². The molecule has 0 unspecified atom stereocenters. The fourth-order valence-electron chi connectivity index (χ4n) is 1.32. The van der Waals surface area contributed by atoms with Gasteiger partial charge in [-0.2, -0.15) is 0 Å². The van der Waals surface area contributed by atoms with Gasteiger partial charge in [0.25, 0.3) is 11.0 Å². The number of nitrogens with one attached hydrogen (secondary N) is 2. The summed E-state index contributed by atoms with van der Waals surface area (Å²) in [7, 11) is 0. The SMILES string of the molecule is O=c1[nH]c(O)c(-c2c(O)c(=O)c2=O)c(=O)[nH]1.